The molecule has 1 saturated heterocycles. The maximum absolute atomic E-state index is 11.1. The first-order valence-corrected chi connectivity index (χ1v) is 7.68. The number of piperidine rings is 1. The Morgan fingerprint density at radius 3 is 2.80 bits per heavy atom. The highest BCUT2D eigenvalue weighted by atomic mass is 79.9. The monoisotopic (exact) mass is 341 g/mol. The lowest BCUT2D eigenvalue weighted by Crippen LogP contribution is -2.44. The zero-order valence-electron chi connectivity index (χ0n) is 11.8. The van der Waals surface area contributed by atoms with Gasteiger partial charge in [0.05, 0.1) is 4.47 Å². The highest BCUT2D eigenvalue weighted by molar-refractivity contribution is 9.10. The van der Waals surface area contributed by atoms with Gasteiger partial charge in [0, 0.05) is 38.8 Å². The fourth-order valence-corrected chi connectivity index (χ4v) is 2.79. The van der Waals surface area contributed by atoms with Gasteiger partial charge in [-0.05, 0) is 35.7 Å². The molecule has 1 aromatic rings. The SMILES string of the molecule is CCNc1ncc(Br)c(N2CCC(NC(C)=O)CC2)n1. The van der Waals surface area contributed by atoms with Crippen molar-refractivity contribution in [3.8, 4) is 0 Å². The normalized spacial score (nSPS) is 16.1. The first-order valence-electron chi connectivity index (χ1n) is 6.88. The van der Waals surface area contributed by atoms with Gasteiger partial charge in [-0.25, -0.2) is 4.98 Å². The lowest BCUT2D eigenvalue weighted by molar-refractivity contribution is -0.119. The summed E-state index contributed by atoms with van der Waals surface area (Å²) in [5.41, 5.74) is 0. The van der Waals surface area contributed by atoms with Gasteiger partial charge in [0.2, 0.25) is 11.9 Å². The topological polar surface area (TPSA) is 70.2 Å². The number of carbonyl (C=O) groups excluding carboxylic acids is 1. The van der Waals surface area contributed by atoms with Crippen LogP contribution < -0.4 is 15.5 Å². The maximum Gasteiger partial charge on any atom is 0.224 e. The van der Waals surface area contributed by atoms with Crippen LogP contribution in [0.1, 0.15) is 26.7 Å². The predicted octanol–water partition coefficient (Wildman–Crippen LogP) is 1.78. The second kappa shape index (κ2) is 6.88. The molecule has 1 aromatic heterocycles. The van der Waals surface area contributed by atoms with Gasteiger partial charge < -0.3 is 15.5 Å². The number of halogens is 1. The third-order valence-corrected chi connectivity index (χ3v) is 3.82. The summed E-state index contributed by atoms with van der Waals surface area (Å²) in [6.07, 6.45) is 3.65. The Hall–Kier alpha value is -1.37. The van der Waals surface area contributed by atoms with Gasteiger partial charge in [0.25, 0.3) is 0 Å². The molecule has 1 aliphatic heterocycles. The van der Waals surface area contributed by atoms with Crippen molar-refractivity contribution in [2.45, 2.75) is 32.7 Å². The van der Waals surface area contributed by atoms with Crippen LogP contribution in [0.5, 0.6) is 0 Å². The zero-order valence-corrected chi connectivity index (χ0v) is 13.4. The number of amides is 1. The number of hydrogen-bond donors (Lipinski definition) is 2. The van der Waals surface area contributed by atoms with Crippen LogP contribution in [0.3, 0.4) is 0 Å². The highest BCUT2D eigenvalue weighted by Crippen LogP contribution is 2.27. The zero-order chi connectivity index (χ0) is 14.5. The summed E-state index contributed by atoms with van der Waals surface area (Å²) in [7, 11) is 0. The summed E-state index contributed by atoms with van der Waals surface area (Å²) in [6, 6.07) is 0.276. The minimum Gasteiger partial charge on any atom is -0.355 e. The van der Waals surface area contributed by atoms with Gasteiger partial charge in [-0.3, -0.25) is 4.79 Å². The third kappa shape index (κ3) is 3.82. The molecule has 110 valence electrons. The molecule has 0 unspecified atom stereocenters. The van der Waals surface area contributed by atoms with Crippen LogP contribution in [0.15, 0.2) is 10.7 Å². The van der Waals surface area contributed by atoms with Crippen LogP contribution in [-0.2, 0) is 4.79 Å². The van der Waals surface area contributed by atoms with Gasteiger partial charge in [-0.1, -0.05) is 0 Å². The Kier molecular flexibility index (Phi) is 5.17. The maximum atomic E-state index is 11.1. The highest BCUT2D eigenvalue weighted by Gasteiger charge is 2.22. The van der Waals surface area contributed by atoms with Crippen molar-refractivity contribution in [3.63, 3.8) is 0 Å². The van der Waals surface area contributed by atoms with Crippen LogP contribution >= 0.6 is 15.9 Å². The Balaban J connectivity index is 2.02. The molecule has 0 bridgehead atoms. The van der Waals surface area contributed by atoms with E-state index in [-0.39, 0.29) is 11.9 Å². The van der Waals surface area contributed by atoms with E-state index in [9.17, 15) is 4.79 Å². The van der Waals surface area contributed by atoms with Crippen molar-refractivity contribution >= 4 is 33.6 Å². The summed E-state index contributed by atoms with van der Waals surface area (Å²) in [5, 5.41) is 6.10. The Morgan fingerprint density at radius 2 is 2.20 bits per heavy atom. The van der Waals surface area contributed by atoms with Crippen molar-refractivity contribution in [3.05, 3.63) is 10.7 Å². The number of aromatic nitrogens is 2. The smallest absolute Gasteiger partial charge is 0.224 e. The van der Waals surface area contributed by atoms with Crippen molar-refractivity contribution in [2.24, 2.45) is 0 Å². The van der Waals surface area contributed by atoms with E-state index < -0.39 is 0 Å². The van der Waals surface area contributed by atoms with Gasteiger partial charge in [-0.15, -0.1) is 0 Å². The van der Waals surface area contributed by atoms with E-state index in [4.69, 9.17) is 0 Å². The largest absolute Gasteiger partial charge is 0.355 e. The number of carbonyl (C=O) groups is 1. The molecule has 6 nitrogen and oxygen atoms in total. The standard InChI is InChI=1S/C13H20BrN5O/c1-3-15-13-16-8-11(14)12(18-13)19-6-4-10(5-7-19)17-9(2)20/h8,10H,3-7H2,1-2H3,(H,17,20)(H,15,16,18). The molecular weight excluding hydrogens is 322 g/mol. The molecule has 2 N–H and O–H groups in total. The fourth-order valence-electron chi connectivity index (χ4n) is 2.35. The van der Waals surface area contributed by atoms with Crippen molar-refractivity contribution < 1.29 is 4.79 Å². The summed E-state index contributed by atoms with van der Waals surface area (Å²) < 4.78 is 0.900. The molecule has 7 heteroatoms. The quantitative estimate of drug-likeness (QED) is 0.873. The molecule has 0 atom stereocenters. The van der Waals surface area contributed by atoms with E-state index >= 15 is 0 Å². The molecule has 0 spiro atoms. The van der Waals surface area contributed by atoms with Crippen molar-refractivity contribution in [1.82, 2.24) is 15.3 Å². The Bertz CT molecular complexity index is 474. The second-order valence-electron chi connectivity index (χ2n) is 4.86. The molecule has 1 fully saturated rings. The first-order chi connectivity index (χ1) is 9.60. The van der Waals surface area contributed by atoms with Crippen LogP contribution in [-0.4, -0.2) is 41.6 Å². The molecule has 1 aliphatic rings. The van der Waals surface area contributed by atoms with E-state index in [2.05, 4.69) is 41.4 Å². The lowest BCUT2D eigenvalue weighted by atomic mass is 10.1. The molecule has 0 radical (unpaired) electrons. The summed E-state index contributed by atoms with van der Waals surface area (Å²) in [6.45, 7) is 6.14. The van der Waals surface area contributed by atoms with Crippen molar-refractivity contribution in [1.29, 1.82) is 0 Å². The molecular formula is C13H20BrN5O. The van der Waals surface area contributed by atoms with E-state index in [0.29, 0.717) is 5.95 Å². The Labute approximate surface area is 127 Å². The van der Waals surface area contributed by atoms with E-state index in [0.717, 1.165) is 42.8 Å². The third-order valence-electron chi connectivity index (χ3n) is 3.26. The summed E-state index contributed by atoms with van der Waals surface area (Å²) in [5.74, 6) is 1.60. The molecule has 1 amide bonds. The van der Waals surface area contributed by atoms with E-state index in [1.807, 2.05) is 6.92 Å². The van der Waals surface area contributed by atoms with Gasteiger partial charge >= 0.3 is 0 Å². The van der Waals surface area contributed by atoms with Crippen LogP contribution in [0.4, 0.5) is 11.8 Å². The molecule has 2 heterocycles. The van der Waals surface area contributed by atoms with Gasteiger partial charge in [0.15, 0.2) is 0 Å². The van der Waals surface area contributed by atoms with Crippen molar-refractivity contribution in [2.75, 3.05) is 29.9 Å². The minimum absolute atomic E-state index is 0.0427. The fraction of sp³-hybridized carbons (Fsp3) is 0.615. The summed E-state index contributed by atoms with van der Waals surface area (Å²) in [4.78, 5) is 22.1. The number of hydrogen-bond acceptors (Lipinski definition) is 5. The Morgan fingerprint density at radius 1 is 1.50 bits per heavy atom. The number of rotatable bonds is 4. The number of nitrogens with one attached hydrogen (secondary N) is 2. The van der Waals surface area contributed by atoms with Crippen LogP contribution in [0, 0.1) is 0 Å². The van der Waals surface area contributed by atoms with Crippen LogP contribution in [0.25, 0.3) is 0 Å². The average Bonchev–Trinajstić information content (AvgIpc) is 2.42. The van der Waals surface area contributed by atoms with Gasteiger partial charge in [0.1, 0.15) is 5.82 Å². The van der Waals surface area contributed by atoms with E-state index in [1.54, 1.807) is 13.1 Å². The molecule has 20 heavy (non-hydrogen) atoms. The molecule has 0 aromatic carbocycles. The van der Waals surface area contributed by atoms with E-state index in [1.165, 1.54) is 0 Å². The molecule has 0 saturated carbocycles. The lowest BCUT2D eigenvalue weighted by Gasteiger charge is -2.33. The molecule has 0 aliphatic carbocycles. The number of nitrogens with zero attached hydrogens (tertiary/aromatic N) is 3. The number of anilines is 2. The van der Waals surface area contributed by atoms with Gasteiger partial charge in [-0.2, -0.15) is 4.98 Å². The van der Waals surface area contributed by atoms with Crippen LogP contribution in [0.2, 0.25) is 0 Å². The minimum atomic E-state index is 0.0427. The second-order valence-corrected chi connectivity index (χ2v) is 5.71. The average molecular weight is 342 g/mol. The first kappa shape index (κ1) is 15.0. The summed E-state index contributed by atoms with van der Waals surface area (Å²) >= 11 is 3.51. The predicted molar refractivity (Wildman–Crippen MR) is 82.9 cm³/mol. The molecule has 2 rings (SSSR count).